The number of hydrogen-bond donors (Lipinski definition) is 1. The number of nitrogens with zero attached hydrogens (tertiary/aromatic N) is 6. The predicted octanol–water partition coefficient (Wildman–Crippen LogP) is 1.01. The highest BCUT2D eigenvalue weighted by atomic mass is 16.2. The van der Waals surface area contributed by atoms with E-state index in [0.29, 0.717) is 17.3 Å². The largest absolute Gasteiger partial charge is 0.310 e. The molecule has 1 aliphatic carbocycles. The van der Waals surface area contributed by atoms with E-state index < -0.39 is 5.92 Å². The Morgan fingerprint density at radius 1 is 1.28 bits per heavy atom. The molecular formula is C16H19N7O2. The van der Waals surface area contributed by atoms with Crippen LogP contribution in [0.15, 0.2) is 21.2 Å². The second kappa shape index (κ2) is 5.91. The van der Waals surface area contributed by atoms with Crippen LogP contribution in [-0.2, 0) is 9.59 Å². The van der Waals surface area contributed by atoms with Gasteiger partial charge in [0.05, 0.1) is 5.69 Å². The van der Waals surface area contributed by atoms with Crippen LogP contribution in [0.1, 0.15) is 31.4 Å². The van der Waals surface area contributed by atoms with Crippen LogP contribution in [0.2, 0.25) is 0 Å². The minimum Gasteiger partial charge on any atom is -0.310 e. The molecule has 0 saturated heterocycles. The minimum absolute atomic E-state index is 0.0202. The van der Waals surface area contributed by atoms with Gasteiger partial charge in [-0.1, -0.05) is 12.8 Å². The third-order valence-corrected chi connectivity index (χ3v) is 4.69. The zero-order chi connectivity index (χ0) is 17.6. The molecule has 3 aliphatic rings. The minimum atomic E-state index is -0.540. The van der Waals surface area contributed by atoms with Gasteiger partial charge in [-0.25, -0.2) is 0 Å². The summed E-state index contributed by atoms with van der Waals surface area (Å²) in [5, 5.41) is 12.9. The van der Waals surface area contributed by atoms with Crippen molar-refractivity contribution in [3.8, 4) is 0 Å². The maximum absolute atomic E-state index is 12.4. The second-order valence-corrected chi connectivity index (χ2v) is 6.54. The summed E-state index contributed by atoms with van der Waals surface area (Å²) in [4.78, 5) is 33.1. The number of aromatic nitrogens is 2. The van der Waals surface area contributed by atoms with Crippen molar-refractivity contribution < 1.29 is 9.59 Å². The van der Waals surface area contributed by atoms with Crippen molar-refractivity contribution in [3.63, 3.8) is 0 Å². The van der Waals surface area contributed by atoms with Crippen molar-refractivity contribution >= 4 is 35.6 Å². The standard InChI is InChI=1S/C16H19N7O2/c1-9-7-12(18-14(24)10-5-3-4-6-10)23(21-9)16-19-13-11(15(25)20-16)8-17-22(13)2/h7-8,10-11H,3-6H2,1-2H3,(H,18,24). The van der Waals surface area contributed by atoms with Crippen molar-refractivity contribution in [1.82, 2.24) is 14.8 Å². The van der Waals surface area contributed by atoms with Crippen molar-refractivity contribution in [3.05, 3.63) is 11.8 Å². The van der Waals surface area contributed by atoms with Crippen LogP contribution < -0.4 is 5.32 Å². The number of nitrogens with one attached hydrogen (secondary N) is 1. The third kappa shape index (κ3) is 2.75. The molecule has 9 nitrogen and oxygen atoms in total. The van der Waals surface area contributed by atoms with Gasteiger partial charge in [-0.3, -0.25) is 14.6 Å². The van der Waals surface area contributed by atoms with Gasteiger partial charge in [0.15, 0.2) is 0 Å². The van der Waals surface area contributed by atoms with Crippen LogP contribution in [0, 0.1) is 18.8 Å². The fourth-order valence-electron chi connectivity index (χ4n) is 3.36. The van der Waals surface area contributed by atoms with Gasteiger partial charge in [0.1, 0.15) is 17.6 Å². The summed E-state index contributed by atoms with van der Waals surface area (Å²) < 4.78 is 1.41. The van der Waals surface area contributed by atoms with Gasteiger partial charge in [-0.2, -0.15) is 24.9 Å². The average Bonchev–Trinajstić information content (AvgIpc) is 3.29. The molecule has 0 bridgehead atoms. The Labute approximate surface area is 144 Å². The summed E-state index contributed by atoms with van der Waals surface area (Å²) in [5.74, 6) is 0.262. The number of hydrogen-bond acceptors (Lipinski definition) is 6. The molecule has 2 aliphatic heterocycles. The Hall–Kier alpha value is -2.84. The fourth-order valence-corrected chi connectivity index (χ4v) is 3.36. The number of carbonyl (C=O) groups is 2. The SMILES string of the molecule is Cc1cc(NC(=O)C2CCCC2)n(C2=NC(=O)C3C=NN(C)C3=N2)n1. The van der Waals surface area contributed by atoms with Gasteiger partial charge in [-0.15, -0.1) is 0 Å². The Bertz CT molecular complexity index is 830. The third-order valence-electron chi connectivity index (χ3n) is 4.69. The van der Waals surface area contributed by atoms with E-state index in [2.05, 4.69) is 25.5 Å². The van der Waals surface area contributed by atoms with E-state index in [-0.39, 0.29) is 23.7 Å². The van der Waals surface area contributed by atoms with Gasteiger partial charge in [0.25, 0.3) is 11.9 Å². The summed E-state index contributed by atoms with van der Waals surface area (Å²) in [6.07, 6.45) is 5.51. The molecule has 2 amide bonds. The normalized spacial score (nSPS) is 22.9. The molecule has 1 saturated carbocycles. The molecular weight excluding hydrogens is 322 g/mol. The Balaban J connectivity index is 1.64. The first-order chi connectivity index (χ1) is 12.0. The number of carbonyl (C=O) groups excluding carboxylic acids is 2. The zero-order valence-corrected chi connectivity index (χ0v) is 14.1. The van der Waals surface area contributed by atoms with E-state index in [0.717, 1.165) is 25.7 Å². The smallest absolute Gasteiger partial charge is 0.265 e. The number of fused-ring (bicyclic) bond motifs is 1. The maximum Gasteiger partial charge on any atom is 0.265 e. The molecule has 9 heteroatoms. The molecule has 1 N–H and O–H groups in total. The van der Waals surface area contributed by atoms with Crippen LogP contribution in [0.25, 0.3) is 0 Å². The molecule has 1 fully saturated rings. The maximum atomic E-state index is 12.4. The topological polar surface area (TPSA) is 104 Å². The summed E-state index contributed by atoms with van der Waals surface area (Å²) in [7, 11) is 1.72. The van der Waals surface area contributed by atoms with Crippen LogP contribution in [0.3, 0.4) is 0 Å². The van der Waals surface area contributed by atoms with Gasteiger partial charge in [0.2, 0.25) is 5.91 Å². The fraction of sp³-hybridized carbons (Fsp3) is 0.500. The number of amides is 2. The molecule has 0 spiro atoms. The summed E-state index contributed by atoms with van der Waals surface area (Å²) in [6.45, 7) is 1.81. The lowest BCUT2D eigenvalue weighted by atomic mass is 10.1. The lowest BCUT2D eigenvalue weighted by molar-refractivity contribution is -0.120. The van der Waals surface area contributed by atoms with Crippen LogP contribution in [0.5, 0.6) is 0 Å². The van der Waals surface area contributed by atoms with Crippen LogP contribution in [0.4, 0.5) is 5.82 Å². The lowest BCUT2D eigenvalue weighted by Gasteiger charge is -2.18. The van der Waals surface area contributed by atoms with Crippen molar-refractivity contribution in [1.29, 1.82) is 0 Å². The van der Waals surface area contributed by atoms with E-state index in [9.17, 15) is 9.59 Å². The van der Waals surface area contributed by atoms with Gasteiger partial charge in [0, 0.05) is 25.2 Å². The molecule has 1 unspecified atom stereocenters. The van der Waals surface area contributed by atoms with Crippen LogP contribution in [-0.4, -0.2) is 51.7 Å². The molecule has 1 aromatic rings. The highest BCUT2D eigenvalue weighted by molar-refractivity contribution is 6.24. The first-order valence-corrected chi connectivity index (χ1v) is 8.40. The van der Waals surface area contributed by atoms with E-state index in [1.807, 2.05) is 6.92 Å². The van der Waals surface area contributed by atoms with Gasteiger partial charge >= 0.3 is 0 Å². The van der Waals surface area contributed by atoms with Gasteiger partial charge < -0.3 is 5.32 Å². The lowest BCUT2D eigenvalue weighted by Crippen LogP contribution is -2.35. The second-order valence-electron chi connectivity index (χ2n) is 6.54. The molecule has 0 aromatic carbocycles. The first-order valence-electron chi connectivity index (χ1n) is 8.40. The van der Waals surface area contributed by atoms with Crippen LogP contribution >= 0.6 is 0 Å². The summed E-state index contributed by atoms with van der Waals surface area (Å²) >= 11 is 0. The highest BCUT2D eigenvalue weighted by Crippen LogP contribution is 2.26. The number of amidine groups is 1. The zero-order valence-electron chi connectivity index (χ0n) is 14.1. The number of hydrazone groups is 1. The van der Waals surface area contributed by atoms with Crippen molar-refractivity contribution in [2.24, 2.45) is 26.9 Å². The van der Waals surface area contributed by atoms with Crippen molar-refractivity contribution in [2.45, 2.75) is 32.6 Å². The molecule has 0 radical (unpaired) electrons. The number of anilines is 1. The summed E-state index contributed by atoms with van der Waals surface area (Å²) in [6, 6.07) is 1.75. The Morgan fingerprint density at radius 3 is 2.80 bits per heavy atom. The van der Waals surface area contributed by atoms with E-state index in [4.69, 9.17) is 0 Å². The molecule has 4 rings (SSSR count). The average molecular weight is 341 g/mol. The number of rotatable bonds is 2. The van der Waals surface area contributed by atoms with Crippen molar-refractivity contribution in [2.75, 3.05) is 12.4 Å². The van der Waals surface area contributed by atoms with E-state index >= 15 is 0 Å². The molecule has 1 aromatic heterocycles. The van der Waals surface area contributed by atoms with Gasteiger partial charge in [-0.05, 0) is 19.8 Å². The molecule has 25 heavy (non-hydrogen) atoms. The Morgan fingerprint density at radius 2 is 2.04 bits per heavy atom. The number of aryl methyl sites for hydroxylation is 1. The van der Waals surface area contributed by atoms with E-state index in [1.165, 1.54) is 10.9 Å². The summed E-state index contributed by atoms with van der Waals surface area (Å²) in [5.41, 5.74) is 0.704. The molecule has 130 valence electrons. The molecule has 3 heterocycles. The Kier molecular flexibility index (Phi) is 3.70. The highest BCUT2D eigenvalue weighted by Gasteiger charge is 2.35. The number of aliphatic imine (C=N–C) groups is 2. The monoisotopic (exact) mass is 341 g/mol. The van der Waals surface area contributed by atoms with E-state index in [1.54, 1.807) is 18.1 Å². The first kappa shape index (κ1) is 15.7. The quantitative estimate of drug-likeness (QED) is 0.867. The predicted molar refractivity (Wildman–Crippen MR) is 92.6 cm³/mol. The molecule has 1 atom stereocenters.